The van der Waals surface area contributed by atoms with Crippen LogP contribution >= 0.6 is 0 Å². The molecule has 0 bridgehead atoms. The zero-order chi connectivity index (χ0) is 27.8. The molecule has 36 heavy (non-hydrogen) atoms. The highest BCUT2D eigenvalue weighted by Crippen LogP contribution is 2.25. The molecular formula is C20H27F6N3O7. The van der Waals surface area contributed by atoms with E-state index >= 15 is 0 Å². The van der Waals surface area contributed by atoms with Crippen LogP contribution < -0.4 is 0 Å². The lowest BCUT2D eigenvalue weighted by Crippen LogP contribution is -2.52. The second-order valence-corrected chi connectivity index (χ2v) is 8.02. The minimum Gasteiger partial charge on any atom is -0.475 e. The Morgan fingerprint density at radius 2 is 1.58 bits per heavy atom. The molecule has 0 radical (unpaired) electrons. The number of rotatable bonds is 4. The van der Waals surface area contributed by atoms with Crippen LogP contribution in [0.25, 0.3) is 0 Å². The molecule has 206 valence electrons. The summed E-state index contributed by atoms with van der Waals surface area (Å²) < 4.78 is 74.6. The molecule has 0 spiro atoms. The summed E-state index contributed by atoms with van der Waals surface area (Å²) in [6.45, 7) is 6.98. The molecule has 2 fully saturated rings. The van der Waals surface area contributed by atoms with Gasteiger partial charge in [-0.25, -0.2) is 9.59 Å². The van der Waals surface area contributed by atoms with Crippen molar-refractivity contribution in [1.29, 1.82) is 0 Å². The van der Waals surface area contributed by atoms with Gasteiger partial charge in [-0.1, -0.05) is 0 Å². The monoisotopic (exact) mass is 535 g/mol. The summed E-state index contributed by atoms with van der Waals surface area (Å²) in [6, 6.07) is 2.06. The average Bonchev–Trinajstić information content (AvgIpc) is 3.37. The molecule has 1 amide bonds. The van der Waals surface area contributed by atoms with Gasteiger partial charge in [-0.15, -0.1) is 0 Å². The molecule has 2 atom stereocenters. The lowest BCUT2D eigenvalue weighted by Gasteiger charge is -2.37. The number of morpholine rings is 1. The van der Waals surface area contributed by atoms with Crippen LogP contribution in [0.4, 0.5) is 26.3 Å². The van der Waals surface area contributed by atoms with Crippen molar-refractivity contribution in [2.24, 2.45) is 0 Å². The Kier molecular flexibility index (Phi) is 11.2. The van der Waals surface area contributed by atoms with Crippen molar-refractivity contribution in [3.63, 3.8) is 0 Å². The number of hydrogen-bond acceptors (Lipinski definition) is 7. The number of amides is 1. The summed E-state index contributed by atoms with van der Waals surface area (Å²) in [5, 5.41) is 14.2. The zero-order valence-corrected chi connectivity index (χ0v) is 19.6. The largest absolute Gasteiger partial charge is 0.490 e. The third-order valence-corrected chi connectivity index (χ3v) is 5.11. The van der Waals surface area contributed by atoms with Gasteiger partial charge >= 0.3 is 24.3 Å². The summed E-state index contributed by atoms with van der Waals surface area (Å²) in [5.74, 6) is -4.78. The van der Waals surface area contributed by atoms with Crippen molar-refractivity contribution in [3.05, 3.63) is 23.7 Å². The van der Waals surface area contributed by atoms with Gasteiger partial charge in [0.25, 0.3) is 5.91 Å². The number of aliphatic carboxylic acids is 2. The Morgan fingerprint density at radius 1 is 1.06 bits per heavy atom. The van der Waals surface area contributed by atoms with Crippen molar-refractivity contribution in [3.8, 4) is 0 Å². The van der Waals surface area contributed by atoms with Gasteiger partial charge in [-0.05, 0) is 27.1 Å². The number of carbonyl (C=O) groups is 3. The summed E-state index contributed by atoms with van der Waals surface area (Å²) in [4.78, 5) is 37.0. The van der Waals surface area contributed by atoms with E-state index in [1.165, 1.54) is 0 Å². The highest BCUT2D eigenvalue weighted by atomic mass is 19.4. The van der Waals surface area contributed by atoms with Crippen LogP contribution in [0, 0.1) is 6.92 Å². The number of carboxylic acid groups (broad SMARTS) is 2. The number of likely N-dealkylation sites (N-methyl/N-ethyl adjacent to an activating group) is 1. The van der Waals surface area contributed by atoms with Crippen LogP contribution in [0.15, 0.2) is 16.7 Å². The van der Waals surface area contributed by atoms with E-state index in [0.717, 1.165) is 32.8 Å². The molecule has 0 aliphatic carbocycles. The molecule has 2 saturated heterocycles. The molecule has 2 N–H and O–H groups in total. The van der Waals surface area contributed by atoms with Crippen LogP contribution in [-0.2, 0) is 14.3 Å². The van der Waals surface area contributed by atoms with Gasteiger partial charge in [0.2, 0.25) is 0 Å². The van der Waals surface area contributed by atoms with E-state index in [1.54, 1.807) is 12.3 Å². The molecule has 10 nitrogen and oxygen atoms in total. The number of carboxylic acids is 2. The van der Waals surface area contributed by atoms with Crippen LogP contribution in [0.3, 0.4) is 0 Å². The van der Waals surface area contributed by atoms with E-state index in [0.29, 0.717) is 23.9 Å². The van der Waals surface area contributed by atoms with Gasteiger partial charge in [0.15, 0.2) is 0 Å². The van der Waals surface area contributed by atoms with E-state index in [9.17, 15) is 31.1 Å². The minimum absolute atomic E-state index is 0.0526. The Hall–Kier alpha value is -2.85. The number of likely N-dealkylation sites (tertiary alicyclic amines) is 1. The van der Waals surface area contributed by atoms with Gasteiger partial charge in [-0.3, -0.25) is 9.69 Å². The van der Waals surface area contributed by atoms with Gasteiger partial charge < -0.3 is 29.2 Å². The first kappa shape index (κ1) is 31.2. The maximum absolute atomic E-state index is 12.6. The van der Waals surface area contributed by atoms with Crippen LogP contribution in [0.2, 0.25) is 0 Å². The van der Waals surface area contributed by atoms with Gasteiger partial charge in [0.05, 0.1) is 30.6 Å². The number of alkyl halides is 6. The van der Waals surface area contributed by atoms with E-state index < -0.39 is 24.3 Å². The lowest BCUT2D eigenvalue weighted by molar-refractivity contribution is -0.193. The number of fused-ring (bicyclic) bond motifs is 1. The predicted molar refractivity (Wildman–Crippen MR) is 110 cm³/mol. The number of halogens is 6. The van der Waals surface area contributed by atoms with E-state index in [-0.39, 0.29) is 12.0 Å². The third kappa shape index (κ3) is 9.66. The van der Waals surface area contributed by atoms with Gasteiger partial charge in [0, 0.05) is 32.7 Å². The normalized spacial score (nSPS) is 20.1. The topological polar surface area (TPSA) is 124 Å². The Labute approximate surface area is 202 Å². The maximum atomic E-state index is 12.6. The quantitative estimate of drug-likeness (QED) is 0.557. The molecule has 2 aliphatic heterocycles. The molecule has 3 heterocycles. The van der Waals surface area contributed by atoms with Crippen molar-refractivity contribution >= 4 is 17.8 Å². The summed E-state index contributed by atoms with van der Waals surface area (Å²) in [5.41, 5.74) is 0.665. The van der Waals surface area contributed by atoms with E-state index in [2.05, 4.69) is 23.9 Å². The first-order valence-electron chi connectivity index (χ1n) is 10.4. The number of carbonyl (C=O) groups excluding carboxylic acids is 1. The first-order chi connectivity index (χ1) is 16.4. The van der Waals surface area contributed by atoms with Crippen molar-refractivity contribution < 1.29 is 60.1 Å². The van der Waals surface area contributed by atoms with Crippen LogP contribution in [0.1, 0.15) is 16.1 Å². The fourth-order valence-corrected chi connectivity index (χ4v) is 3.31. The highest BCUT2D eigenvalue weighted by Gasteiger charge is 2.42. The van der Waals surface area contributed by atoms with Crippen LogP contribution in [-0.4, -0.2) is 121 Å². The van der Waals surface area contributed by atoms with Crippen molar-refractivity contribution in [2.45, 2.75) is 31.4 Å². The van der Waals surface area contributed by atoms with Crippen molar-refractivity contribution in [1.82, 2.24) is 14.7 Å². The minimum atomic E-state index is -5.08. The molecule has 1 aromatic rings. The highest BCUT2D eigenvalue weighted by molar-refractivity contribution is 5.95. The number of furan rings is 1. The van der Waals surface area contributed by atoms with Crippen molar-refractivity contribution in [2.75, 3.05) is 53.4 Å². The molecule has 0 aromatic carbocycles. The maximum Gasteiger partial charge on any atom is 0.490 e. The second-order valence-electron chi connectivity index (χ2n) is 8.02. The fraction of sp³-hybridized carbons (Fsp3) is 0.650. The molecule has 0 unspecified atom stereocenters. The smallest absolute Gasteiger partial charge is 0.475 e. The number of aryl methyl sites for hydroxylation is 1. The van der Waals surface area contributed by atoms with E-state index in [4.69, 9.17) is 29.0 Å². The molecule has 3 rings (SSSR count). The number of hydrogen-bond donors (Lipinski definition) is 2. The predicted octanol–water partition coefficient (Wildman–Crippen LogP) is 1.94. The van der Waals surface area contributed by atoms with Gasteiger partial charge in [-0.2, -0.15) is 26.3 Å². The summed E-state index contributed by atoms with van der Waals surface area (Å²) in [7, 11) is 4.17. The number of ether oxygens (including phenoxy) is 1. The van der Waals surface area contributed by atoms with Gasteiger partial charge in [0.1, 0.15) is 5.76 Å². The standard InChI is InChI=1S/C16H25N3O3.2C2HF3O2/c1-12-13(4-8-21-12)16(20)19-10-14-15(11-19)22-9-7-18(14)6-5-17(2)3;2*3-2(4,5)1(6)7/h4,8,14-15H,5-7,9-11H2,1-3H3;2*(H,6,7)/t14-,15+;;/m1../s1. The molecule has 16 heteroatoms. The van der Waals surface area contributed by atoms with E-state index in [1.807, 2.05) is 11.8 Å². The third-order valence-electron chi connectivity index (χ3n) is 5.11. The Morgan fingerprint density at radius 3 is 2.00 bits per heavy atom. The first-order valence-corrected chi connectivity index (χ1v) is 10.4. The number of nitrogens with zero attached hydrogens (tertiary/aromatic N) is 3. The molecule has 1 aromatic heterocycles. The molecule has 2 aliphatic rings. The molecule has 0 saturated carbocycles. The second kappa shape index (κ2) is 12.9. The summed E-state index contributed by atoms with van der Waals surface area (Å²) >= 11 is 0. The fourth-order valence-electron chi connectivity index (χ4n) is 3.31. The SMILES string of the molecule is Cc1occc1C(=O)N1C[C@@H]2OCCN(CCN(C)C)[C@@H]2C1.O=C(O)C(F)(F)F.O=C(O)C(F)(F)F. The van der Waals surface area contributed by atoms with Crippen LogP contribution in [0.5, 0.6) is 0 Å². The Bertz CT molecular complexity index is 864. The average molecular weight is 535 g/mol. The lowest BCUT2D eigenvalue weighted by atomic mass is 10.1. The molecular weight excluding hydrogens is 508 g/mol. The Balaban J connectivity index is 0.000000383. The zero-order valence-electron chi connectivity index (χ0n) is 19.6. The summed E-state index contributed by atoms with van der Waals surface area (Å²) in [6.07, 6.45) is -8.46.